The molecule has 0 aliphatic carbocycles. The van der Waals surface area contributed by atoms with E-state index in [4.69, 9.17) is 16.2 Å². The summed E-state index contributed by atoms with van der Waals surface area (Å²) in [6, 6.07) is -0.509. The van der Waals surface area contributed by atoms with E-state index in [9.17, 15) is 4.79 Å². The summed E-state index contributed by atoms with van der Waals surface area (Å²) in [5.74, 6) is -0.415. The second-order valence-corrected chi connectivity index (χ2v) is 4.07. The highest BCUT2D eigenvalue weighted by Crippen LogP contribution is 2.12. The first kappa shape index (κ1) is 12.4. The standard InChI is InChI=1S/C10H21N3O2/c1-15-8-2-5-13(6-3-8)7-4-9(11)10(12)14/h8-9H,2-7,11H2,1H3,(H2,12,14). The van der Waals surface area contributed by atoms with Crippen LogP contribution in [0.5, 0.6) is 0 Å². The molecule has 1 heterocycles. The van der Waals surface area contributed by atoms with Crippen molar-refractivity contribution in [1.29, 1.82) is 0 Å². The van der Waals surface area contributed by atoms with E-state index in [1.165, 1.54) is 0 Å². The highest BCUT2D eigenvalue weighted by Gasteiger charge is 2.19. The van der Waals surface area contributed by atoms with Crippen LogP contribution < -0.4 is 11.5 Å². The van der Waals surface area contributed by atoms with Gasteiger partial charge in [0.2, 0.25) is 5.91 Å². The molecule has 0 bridgehead atoms. The molecule has 1 saturated heterocycles. The molecule has 88 valence electrons. The lowest BCUT2D eigenvalue weighted by Gasteiger charge is -2.31. The van der Waals surface area contributed by atoms with Crippen LogP contribution in [0.15, 0.2) is 0 Å². The average Bonchev–Trinajstić information content (AvgIpc) is 2.26. The summed E-state index contributed by atoms with van der Waals surface area (Å²) in [5, 5.41) is 0. The number of nitrogens with two attached hydrogens (primary N) is 2. The number of hydrogen-bond donors (Lipinski definition) is 2. The van der Waals surface area contributed by atoms with Gasteiger partial charge in [-0.2, -0.15) is 0 Å². The van der Waals surface area contributed by atoms with Gasteiger partial charge in [-0.15, -0.1) is 0 Å². The quantitative estimate of drug-likeness (QED) is 0.635. The minimum Gasteiger partial charge on any atom is -0.381 e. The summed E-state index contributed by atoms with van der Waals surface area (Å²) in [5.41, 5.74) is 10.7. The molecule has 1 aliphatic heterocycles. The maximum atomic E-state index is 10.7. The Bertz CT molecular complexity index is 203. The Balaban J connectivity index is 2.16. The third-order valence-electron chi connectivity index (χ3n) is 2.99. The van der Waals surface area contributed by atoms with Crippen LogP contribution in [-0.4, -0.2) is 49.7 Å². The fraction of sp³-hybridized carbons (Fsp3) is 0.900. The lowest BCUT2D eigenvalue weighted by atomic mass is 10.1. The number of carbonyl (C=O) groups is 1. The van der Waals surface area contributed by atoms with Crippen molar-refractivity contribution in [2.75, 3.05) is 26.7 Å². The van der Waals surface area contributed by atoms with Crippen LogP contribution in [0.25, 0.3) is 0 Å². The molecular formula is C10H21N3O2. The number of primary amides is 1. The molecule has 5 nitrogen and oxygen atoms in total. The van der Waals surface area contributed by atoms with Gasteiger partial charge in [0.25, 0.3) is 0 Å². The molecule has 15 heavy (non-hydrogen) atoms. The van der Waals surface area contributed by atoms with Crippen molar-refractivity contribution < 1.29 is 9.53 Å². The van der Waals surface area contributed by atoms with E-state index in [-0.39, 0.29) is 0 Å². The van der Waals surface area contributed by atoms with Gasteiger partial charge in [0, 0.05) is 26.7 Å². The summed E-state index contributed by atoms with van der Waals surface area (Å²) in [6.07, 6.45) is 3.16. The van der Waals surface area contributed by atoms with Gasteiger partial charge in [0.05, 0.1) is 12.1 Å². The SMILES string of the molecule is COC1CCN(CCC(N)C(N)=O)CC1. The largest absolute Gasteiger partial charge is 0.381 e. The first-order chi connectivity index (χ1) is 7.13. The van der Waals surface area contributed by atoms with Gasteiger partial charge in [-0.1, -0.05) is 0 Å². The zero-order chi connectivity index (χ0) is 11.3. The van der Waals surface area contributed by atoms with Crippen molar-refractivity contribution in [2.24, 2.45) is 11.5 Å². The summed E-state index contributed by atoms with van der Waals surface area (Å²) in [6.45, 7) is 2.88. The Hall–Kier alpha value is -0.650. The fourth-order valence-corrected chi connectivity index (χ4v) is 1.83. The van der Waals surface area contributed by atoms with Gasteiger partial charge in [-0.25, -0.2) is 0 Å². The summed E-state index contributed by atoms with van der Waals surface area (Å²) in [7, 11) is 1.75. The molecule has 0 saturated carbocycles. The molecule has 0 radical (unpaired) electrons. The van der Waals surface area contributed by atoms with Crippen molar-refractivity contribution in [3.63, 3.8) is 0 Å². The lowest BCUT2D eigenvalue weighted by molar-refractivity contribution is -0.119. The van der Waals surface area contributed by atoms with Crippen molar-refractivity contribution in [2.45, 2.75) is 31.4 Å². The summed E-state index contributed by atoms with van der Waals surface area (Å²) in [4.78, 5) is 13.0. The van der Waals surface area contributed by atoms with Crippen molar-refractivity contribution in [3.8, 4) is 0 Å². The van der Waals surface area contributed by atoms with Crippen molar-refractivity contribution in [1.82, 2.24) is 4.90 Å². The lowest BCUT2D eigenvalue weighted by Crippen LogP contribution is -2.42. The molecule has 5 heteroatoms. The maximum Gasteiger partial charge on any atom is 0.234 e. The molecule has 1 fully saturated rings. The number of methoxy groups -OCH3 is 1. The van der Waals surface area contributed by atoms with Gasteiger partial charge in [-0.3, -0.25) is 4.79 Å². The van der Waals surface area contributed by atoms with E-state index in [1.807, 2.05) is 0 Å². The fourth-order valence-electron chi connectivity index (χ4n) is 1.83. The van der Waals surface area contributed by atoms with Crippen LogP contribution in [0.2, 0.25) is 0 Å². The maximum absolute atomic E-state index is 10.7. The molecule has 0 spiro atoms. The molecule has 1 unspecified atom stereocenters. The summed E-state index contributed by atoms with van der Waals surface area (Å²) < 4.78 is 5.28. The normalized spacial score (nSPS) is 21.5. The van der Waals surface area contributed by atoms with Crippen LogP contribution in [0.1, 0.15) is 19.3 Å². The topological polar surface area (TPSA) is 81.6 Å². The Labute approximate surface area is 90.7 Å². The second-order valence-electron chi connectivity index (χ2n) is 4.07. The number of rotatable bonds is 5. The van der Waals surface area contributed by atoms with Crippen molar-refractivity contribution >= 4 is 5.91 Å². The van der Waals surface area contributed by atoms with E-state index >= 15 is 0 Å². The van der Waals surface area contributed by atoms with Gasteiger partial charge in [0.1, 0.15) is 0 Å². The average molecular weight is 215 g/mol. The zero-order valence-electron chi connectivity index (χ0n) is 9.32. The number of hydrogen-bond acceptors (Lipinski definition) is 4. The smallest absolute Gasteiger partial charge is 0.234 e. The minimum atomic E-state index is -0.509. The molecule has 1 amide bonds. The Morgan fingerprint density at radius 1 is 1.53 bits per heavy atom. The second kappa shape index (κ2) is 6.05. The van der Waals surface area contributed by atoms with E-state index in [2.05, 4.69) is 4.90 Å². The van der Waals surface area contributed by atoms with Gasteiger partial charge in [0.15, 0.2) is 0 Å². The molecular weight excluding hydrogens is 194 g/mol. The highest BCUT2D eigenvalue weighted by atomic mass is 16.5. The number of ether oxygens (including phenoxy) is 1. The first-order valence-corrected chi connectivity index (χ1v) is 5.43. The number of likely N-dealkylation sites (tertiary alicyclic amines) is 1. The van der Waals surface area contributed by atoms with Crippen molar-refractivity contribution in [3.05, 3.63) is 0 Å². The van der Waals surface area contributed by atoms with E-state index < -0.39 is 11.9 Å². The minimum absolute atomic E-state index is 0.395. The third kappa shape index (κ3) is 4.15. The molecule has 1 aliphatic rings. The zero-order valence-corrected chi connectivity index (χ0v) is 9.32. The van der Waals surface area contributed by atoms with Gasteiger partial charge < -0.3 is 21.1 Å². The highest BCUT2D eigenvalue weighted by molar-refractivity contribution is 5.79. The molecule has 0 aromatic heterocycles. The predicted octanol–water partition coefficient (Wildman–Crippen LogP) is -0.700. The Kier molecular flexibility index (Phi) is 5.01. The molecule has 0 aromatic carbocycles. The molecule has 1 rings (SSSR count). The number of piperidine rings is 1. The molecule has 1 atom stereocenters. The Morgan fingerprint density at radius 2 is 2.13 bits per heavy atom. The van der Waals surface area contributed by atoms with Crippen LogP contribution in [0.3, 0.4) is 0 Å². The van der Waals surface area contributed by atoms with Crippen LogP contribution in [0, 0.1) is 0 Å². The van der Waals surface area contributed by atoms with E-state index in [0.717, 1.165) is 32.5 Å². The monoisotopic (exact) mass is 215 g/mol. The third-order valence-corrected chi connectivity index (χ3v) is 2.99. The van der Waals surface area contributed by atoms with Gasteiger partial charge >= 0.3 is 0 Å². The van der Waals surface area contributed by atoms with Crippen LogP contribution >= 0.6 is 0 Å². The number of amides is 1. The predicted molar refractivity (Wildman–Crippen MR) is 58.3 cm³/mol. The Morgan fingerprint density at radius 3 is 2.60 bits per heavy atom. The number of carbonyl (C=O) groups excluding carboxylic acids is 1. The summed E-state index contributed by atoms with van der Waals surface area (Å²) >= 11 is 0. The van der Waals surface area contributed by atoms with E-state index in [0.29, 0.717) is 12.5 Å². The molecule has 0 aromatic rings. The van der Waals surface area contributed by atoms with E-state index in [1.54, 1.807) is 7.11 Å². The van der Waals surface area contributed by atoms with Gasteiger partial charge in [-0.05, 0) is 19.3 Å². The van der Waals surface area contributed by atoms with Crippen LogP contribution in [0.4, 0.5) is 0 Å². The van der Waals surface area contributed by atoms with Crippen LogP contribution in [-0.2, 0) is 9.53 Å². The molecule has 4 N–H and O–H groups in total. The number of nitrogens with zero attached hydrogens (tertiary/aromatic N) is 1. The first-order valence-electron chi connectivity index (χ1n) is 5.43.